The van der Waals surface area contributed by atoms with Gasteiger partial charge in [0.2, 0.25) is 0 Å². The maximum absolute atomic E-state index is 5.09. The zero-order valence-electron chi connectivity index (χ0n) is 20.7. The summed E-state index contributed by atoms with van der Waals surface area (Å²) in [6.07, 6.45) is 2.06. The zero-order chi connectivity index (χ0) is 24.6. The highest BCUT2D eigenvalue weighted by Crippen LogP contribution is 2.49. The summed E-state index contributed by atoms with van der Waals surface area (Å²) in [4.78, 5) is 12.2. The fourth-order valence-electron chi connectivity index (χ4n) is 5.15. The van der Waals surface area contributed by atoms with Gasteiger partial charge in [0, 0.05) is 18.3 Å². The molecule has 0 bridgehead atoms. The van der Waals surface area contributed by atoms with Crippen LogP contribution in [0.25, 0.3) is 10.2 Å². The molecule has 2 aliphatic rings. The van der Waals surface area contributed by atoms with Crippen molar-refractivity contribution in [3.8, 4) is 0 Å². The van der Waals surface area contributed by atoms with E-state index in [-0.39, 0.29) is 0 Å². The molecule has 3 aromatic carbocycles. The van der Waals surface area contributed by atoms with Gasteiger partial charge in [-0.3, -0.25) is 0 Å². The van der Waals surface area contributed by atoms with Gasteiger partial charge in [-0.05, 0) is 73.2 Å². The minimum absolute atomic E-state index is 0.387. The fraction of sp³-hybridized carbons (Fsp3) is 0.267. The summed E-state index contributed by atoms with van der Waals surface area (Å²) < 4.78 is 1.24. The number of nitrogens with one attached hydrogen (secondary N) is 1. The molecule has 6 rings (SSSR count). The molecule has 0 radical (unpaired) electrons. The van der Waals surface area contributed by atoms with Gasteiger partial charge in [0.25, 0.3) is 0 Å². The number of thiazole rings is 1. The predicted octanol–water partition coefficient (Wildman–Crippen LogP) is 7.54. The molecule has 4 nitrogen and oxygen atoms in total. The minimum Gasteiger partial charge on any atom is -0.361 e. The standard InChI is InChI=1S/C30H30N4S2/c1-19(2)18-34-28-24-7-5-4-6-22(24)17-27(28)36-30(34)32-23-11-9-21(10-12-23)14-15-31-29-33-25-13-8-20(3)16-26(25)35-29/h4-13,16,27-28H,1,14-15,17-18H2,2-3H3,(H,31,33)/t27?,28-/m0/s1. The van der Waals surface area contributed by atoms with Gasteiger partial charge in [-0.1, -0.05) is 77.7 Å². The van der Waals surface area contributed by atoms with Gasteiger partial charge in [0.15, 0.2) is 10.3 Å². The molecule has 1 saturated heterocycles. The molecule has 6 heteroatoms. The van der Waals surface area contributed by atoms with Crippen LogP contribution in [0.4, 0.5) is 10.8 Å². The van der Waals surface area contributed by atoms with Crippen LogP contribution in [0, 0.1) is 6.92 Å². The molecule has 1 fully saturated rings. The molecule has 0 saturated carbocycles. The summed E-state index contributed by atoms with van der Waals surface area (Å²) in [7, 11) is 0. The van der Waals surface area contributed by atoms with Gasteiger partial charge in [-0.25, -0.2) is 9.98 Å². The molecule has 1 aliphatic heterocycles. The molecule has 1 aromatic heterocycles. The Labute approximate surface area is 221 Å². The van der Waals surface area contributed by atoms with Crippen molar-refractivity contribution in [2.24, 2.45) is 4.99 Å². The number of hydrogen-bond acceptors (Lipinski definition) is 5. The number of rotatable bonds is 7. The molecule has 2 heterocycles. The summed E-state index contributed by atoms with van der Waals surface area (Å²) in [6, 6.07) is 24.3. The second-order valence-corrected chi connectivity index (χ2v) is 12.1. The number of nitrogens with zero attached hydrogens (tertiary/aromatic N) is 3. The summed E-state index contributed by atoms with van der Waals surface area (Å²) in [5.74, 6) is 0. The highest BCUT2D eigenvalue weighted by atomic mass is 32.2. The van der Waals surface area contributed by atoms with Crippen molar-refractivity contribution in [2.75, 3.05) is 18.4 Å². The van der Waals surface area contributed by atoms with Crippen LogP contribution in [0.5, 0.6) is 0 Å². The second-order valence-electron chi connectivity index (χ2n) is 9.82. The Kier molecular flexibility index (Phi) is 6.32. The van der Waals surface area contributed by atoms with E-state index in [1.165, 1.54) is 32.5 Å². The lowest BCUT2D eigenvalue weighted by atomic mass is 10.1. The van der Waals surface area contributed by atoms with E-state index in [2.05, 4.69) is 97.4 Å². The van der Waals surface area contributed by atoms with Gasteiger partial charge >= 0.3 is 0 Å². The minimum atomic E-state index is 0.387. The quantitative estimate of drug-likeness (QED) is 0.261. The number of aryl methyl sites for hydroxylation is 1. The van der Waals surface area contributed by atoms with E-state index in [1.807, 2.05) is 11.8 Å². The van der Waals surface area contributed by atoms with Crippen LogP contribution in [0.2, 0.25) is 0 Å². The van der Waals surface area contributed by atoms with Crippen LogP contribution in [0.15, 0.2) is 83.9 Å². The van der Waals surface area contributed by atoms with E-state index in [9.17, 15) is 0 Å². The van der Waals surface area contributed by atoms with E-state index < -0.39 is 0 Å². The monoisotopic (exact) mass is 510 g/mol. The number of benzene rings is 3. The highest BCUT2D eigenvalue weighted by Gasteiger charge is 2.44. The van der Waals surface area contributed by atoms with Crippen LogP contribution in [-0.4, -0.2) is 33.4 Å². The van der Waals surface area contributed by atoms with Gasteiger partial charge in [-0.2, -0.15) is 0 Å². The summed E-state index contributed by atoms with van der Waals surface area (Å²) in [6.45, 7) is 10.1. The topological polar surface area (TPSA) is 40.5 Å². The van der Waals surface area contributed by atoms with Crippen molar-refractivity contribution in [3.63, 3.8) is 0 Å². The van der Waals surface area contributed by atoms with Gasteiger partial charge in [0.05, 0.1) is 21.9 Å². The van der Waals surface area contributed by atoms with E-state index in [0.29, 0.717) is 11.3 Å². The molecule has 182 valence electrons. The molecular formula is C30H30N4S2. The Bertz CT molecular complexity index is 1450. The maximum Gasteiger partial charge on any atom is 0.183 e. The number of anilines is 1. The lowest BCUT2D eigenvalue weighted by Gasteiger charge is -2.26. The van der Waals surface area contributed by atoms with E-state index in [4.69, 9.17) is 9.98 Å². The van der Waals surface area contributed by atoms with Crippen LogP contribution >= 0.6 is 23.1 Å². The average molecular weight is 511 g/mol. The fourth-order valence-corrected chi connectivity index (χ4v) is 7.57. The first-order valence-electron chi connectivity index (χ1n) is 12.5. The predicted molar refractivity (Wildman–Crippen MR) is 156 cm³/mol. The van der Waals surface area contributed by atoms with Crippen molar-refractivity contribution >= 4 is 49.3 Å². The molecule has 2 atom stereocenters. The molecule has 1 unspecified atom stereocenters. The third kappa shape index (κ3) is 4.67. The van der Waals surface area contributed by atoms with Crippen LogP contribution in [0.3, 0.4) is 0 Å². The molecule has 1 N–H and O–H groups in total. The number of aliphatic imine (C=N–C) groups is 1. The second kappa shape index (κ2) is 9.75. The Morgan fingerprint density at radius 1 is 1.14 bits per heavy atom. The lowest BCUT2D eigenvalue weighted by Crippen LogP contribution is -2.29. The Morgan fingerprint density at radius 3 is 2.81 bits per heavy atom. The zero-order valence-corrected chi connectivity index (χ0v) is 22.3. The summed E-state index contributed by atoms with van der Waals surface area (Å²) >= 11 is 3.64. The summed E-state index contributed by atoms with van der Waals surface area (Å²) in [5, 5.41) is 6.12. The lowest BCUT2D eigenvalue weighted by molar-refractivity contribution is 0.363. The average Bonchev–Trinajstić information content (AvgIpc) is 3.52. The molecule has 1 aliphatic carbocycles. The Morgan fingerprint density at radius 2 is 1.97 bits per heavy atom. The summed E-state index contributed by atoms with van der Waals surface area (Å²) in [5.41, 5.74) is 8.74. The van der Waals surface area contributed by atoms with E-state index in [1.54, 1.807) is 11.3 Å². The van der Waals surface area contributed by atoms with Crippen LogP contribution in [0.1, 0.15) is 35.2 Å². The highest BCUT2D eigenvalue weighted by molar-refractivity contribution is 8.14. The molecular weight excluding hydrogens is 480 g/mol. The van der Waals surface area contributed by atoms with Crippen molar-refractivity contribution in [2.45, 2.75) is 38.0 Å². The van der Waals surface area contributed by atoms with Gasteiger partial charge in [-0.15, -0.1) is 0 Å². The van der Waals surface area contributed by atoms with Crippen LogP contribution in [-0.2, 0) is 12.8 Å². The van der Waals surface area contributed by atoms with E-state index in [0.717, 1.165) is 47.4 Å². The smallest absolute Gasteiger partial charge is 0.183 e. The Balaban J connectivity index is 1.13. The van der Waals surface area contributed by atoms with Crippen molar-refractivity contribution < 1.29 is 0 Å². The normalized spacial score (nSPS) is 19.6. The first-order chi connectivity index (χ1) is 17.5. The van der Waals surface area contributed by atoms with Crippen molar-refractivity contribution in [1.29, 1.82) is 0 Å². The molecule has 36 heavy (non-hydrogen) atoms. The molecule has 0 spiro atoms. The van der Waals surface area contributed by atoms with Crippen LogP contribution < -0.4 is 5.32 Å². The third-order valence-corrected chi connectivity index (χ3v) is 9.06. The largest absolute Gasteiger partial charge is 0.361 e. The first kappa shape index (κ1) is 23.3. The van der Waals surface area contributed by atoms with E-state index >= 15 is 0 Å². The maximum atomic E-state index is 5.09. The van der Waals surface area contributed by atoms with Gasteiger partial charge in [0.1, 0.15) is 0 Å². The number of fused-ring (bicyclic) bond motifs is 4. The van der Waals surface area contributed by atoms with Crippen molar-refractivity contribution in [1.82, 2.24) is 9.88 Å². The Hall–Kier alpha value is -3.09. The number of thioether (sulfide) groups is 1. The number of hydrogen-bond donors (Lipinski definition) is 1. The molecule has 4 aromatic rings. The van der Waals surface area contributed by atoms with Crippen molar-refractivity contribution in [3.05, 3.63) is 101 Å². The molecule has 0 amide bonds. The SMILES string of the molecule is C=C(C)CN1C(=Nc2ccc(CCNc3nc4ccc(C)cc4s3)cc2)SC2Cc3ccccc3[C@@H]21. The number of amidine groups is 1. The number of aromatic nitrogens is 1. The first-order valence-corrected chi connectivity index (χ1v) is 14.2. The van der Waals surface area contributed by atoms with Gasteiger partial charge < -0.3 is 10.2 Å². The third-order valence-electron chi connectivity index (χ3n) is 6.82.